The molecular formula is C12H10BrNO2. The van der Waals surface area contributed by atoms with Crippen LogP contribution in [0, 0.1) is 6.92 Å². The molecule has 0 radical (unpaired) electrons. The van der Waals surface area contributed by atoms with Gasteiger partial charge in [0.05, 0.1) is 0 Å². The summed E-state index contributed by atoms with van der Waals surface area (Å²) < 4.78 is 6.45. The predicted molar refractivity (Wildman–Crippen MR) is 64.4 cm³/mol. The summed E-state index contributed by atoms with van der Waals surface area (Å²) in [6.45, 7) is 3.22. The van der Waals surface area contributed by atoms with Crippen molar-refractivity contribution in [2.45, 2.75) is 13.8 Å². The van der Waals surface area contributed by atoms with Crippen LogP contribution in [0.15, 0.2) is 33.2 Å². The normalized spacial score (nSPS) is 10.4. The topological polar surface area (TPSA) is 43.1 Å². The summed E-state index contributed by atoms with van der Waals surface area (Å²) in [4.78, 5) is 15.4. The molecule has 0 aliphatic carbocycles. The molecule has 1 heterocycles. The standard InChI is InChI=1S/C12H10BrNO2/c1-7(15)11-8(2)16-12(14-11)9-3-5-10(13)6-4-9/h3-6H,1-2H3. The number of aromatic nitrogens is 1. The Morgan fingerprint density at radius 1 is 1.31 bits per heavy atom. The second-order valence-electron chi connectivity index (χ2n) is 3.49. The van der Waals surface area contributed by atoms with Crippen molar-refractivity contribution in [2.75, 3.05) is 0 Å². The van der Waals surface area contributed by atoms with Crippen molar-refractivity contribution in [3.63, 3.8) is 0 Å². The van der Waals surface area contributed by atoms with E-state index < -0.39 is 0 Å². The van der Waals surface area contributed by atoms with E-state index in [1.807, 2.05) is 24.3 Å². The SMILES string of the molecule is CC(=O)c1nc(-c2ccc(Br)cc2)oc1C. The number of hydrogen-bond acceptors (Lipinski definition) is 3. The second-order valence-corrected chi connectivity index (χ2v) is 4.40. The Kier molecular flexibility index (Phi) is 2.92. The zero-order valence-electron chi connectivity index (χ0n) is 8.95. The van der Waals surface area contributed by atoms with Crippen LogP contribution >= 0.6 is 15.9 Å². The Labute approximate surface area is 102 Å². The van der Waals surface area contributed by atoms with E-state index in [0.29, 0.717) is 17.3 Å². The molecular weight excluding hydrogens is 270 g/mol. The van der Waals surface area contributed by atoms with Crippen LogP contribution in [0.4, 0.5) is 0 Å². The van der Waals surface area contributed by atoms with Crippen LogP contribution in [0.2, 0.25) is 0 Å². The summed E-state index contributed by atoms with van der Waals surface area (Å²) in [5.74, 6) is 0.963. The van der Waals surface area contributed by atoms with Gasteiger partial charge in [-0.3, -0.25) is 4.79 Å². The summed E-state index contributed by atoms with van der Waals surface area (Å²) in [6.07, 6.45) is 0. The van der Waals surface area contributed by atoms with E-state index in [2.05, 4.69) is 20.9 Å². The maximum absolute atomic E-state index is 11.2. The molecule has 1 aromatic heterocycles. The number of rotatable bonds is 2. The third-order valence-electron chi connectivity index (χ3n) is 2.22. The smallest absolute Gasteiger partial charge is 0.226 e. The fourth-order valence-corrected chi connectivity index (χ4v) is 1.70. The van der Waals surface area contributed by atoms with Crippen molar-refractivity contribution in [3.8, 4) is 11.5 Å². The molecule has 2 aromatic rings. The van der Waals surface area contributed by atoms with Gasteiger partial charge in [0.1, 0.15) is 11.5 Å². The Bertz CT molecular complexity index is 528. The summed E-state index contributed by atoms with van der Waals surface area (Å²) in [7, 11) is 0. The molecule has 0 amide bonds. The molecule has 4 heteroatoms. The highest BCUT2D eigenvalue weighted by Gasteiger charge is 2.14. The van der Waals surface area contributed by atoms with Crippen LogP contribution in [0.5, 0.6) is 0 Å². The number of aryl methyl sites for hydroxylation is 1. The van der Waals surface area contributed by atoms with E-state index in [0.717, 1.165) is 10.0 Å². The lowest BCUT2D eigenvalue weighted by molar-refractivity contribution is 0.101. The number of halogens is 1. The number of nitrogens with zero attached hydrogens (tertiary/aromatic N) is 1. The minimum Gasteiger partial charge on any atom is -0.441 e. The van der Waals surface area contributed by atoms with Gasteiger partial charge in [0, 0.05) is 17.0 Å². The summed E-state index contributed by atoms with van der Waals surface area (Å²) in [5.41, 5.74) is 1.26. The van der Waals surface area contributed by atoms with Crippen LogP contribution in [0.1, 0.15) is 23.2 Å². The van der Waals surface area contributed by atoms with Crippen molar-refractivity contribution in [1.29, 1.82) is 0 Å². The van der Waals surface area contributed by atoms with Gasteiger partial charge in [0.15, 0.2) is 5.78 Å². The highest BCUT2D eigenvalue weighted by molar-refractivity contribution is 9.10. The average Bonchev–Trinajstić information content (AvgIpc) is 2.61. The van der Waals surface area contributed by atoms with Crippen molar-refractivity contribution in [2.24, 2.45) is 0 Å². The van der Waals surface area contributed by atoms with E-state index >= 15 is 0 Å². The van der Waals surface area contributed by atoms with Gasteiger partial charge in [-0.15, -0.1) is 0 Å². The van der Waals surface area contributed by atoms with Crippen molar-refractivity contribution in [1.82, 2.24) is 4.98 Å². The first-order chi connectivity index (χ1) is 7.58. The van der Waals surface area contributed by atoms with Crippen LogP contribution in [0.3, 0.4) is 0 Å². The van der Waals surface area contributed by atoms with Crippen LogP contribution < -0.4 is 0 Å². The van der Waals surface area contributed by atoms with E-state index in [1.54, 1.807) is 6.92 Å². The molecule has 0 N–H and O–H groups in total. The number of hydrogen-bond donors (Lipinski definition) is 0. The molecule has 0 spiro atoms. The lowest BCUT2D eigenvalue weighted by Gasteiger charge is -1.94. The Morgan fingerprint density at radius 2 is 1.94 bits per heavy atom. The minimum atomic E-state index is -0.0791. The van der Waals surface area contributed by atoms with Gasteiger partial charge in [0.25, 0.3) is 0 Å². The number of ketones is 1. The zero-order valence-corrected chi connectivity index (χ0v) is 10.5. The number of carbonyl (C=O) groups is 1. The third kappa shape index (κ3) is 2.07. The van der Waals surface area contributed by atoms with Gasteiger partial charge in [-0.2, -0.15) is 0 Å². The maximum atomic E-state index is 11.2. The number of Topliss-reactive ketones (excluding diaryl/α,β-unsaturated/α-hetero) is 1. The molecule has 0 bridgehead atoms. The first-order valence-corrected chi connectivity index (χ1v) is 5.61. The Balaban J connectivity index is 2.45. The van der Waals surface area contributed by atoms with Gasteiger partial charge in [0.2, 0.25) is 5.89 Å². The van der Waals surface area contributed by atoms with E-state index in [1.165, 1.54) is 6.92 Å². The highest BCUT2D eigenvalue weighted by atomic mass is 79.9. The number of carbonyl (C=O) groups excluding carboxylic acids is 1. The minimum absolute atomic E-state index is 0.0791. The molecule has 82 valence electrons. The van der Waals surface area contributed by atoms with Crippen LogP contribution in [-0.2, 0) is 0 Å². The van der Waals surface area contributed by atoms with Crippen LogP contribution in [-0.4, -0.2) is 10.8 Å². The van der Waals surface area contributed by atoms with E-state index in [4.69, 9.17) is 4.42 Å². The largest absolute Gasteiger partial charge is 0.441 e. The molecule has 0 aliphatic heterocycles. The fourth-order valence-electron chi connectivity index (χ4n) is 1.44. The molecule has 0 saturated heterocycles. The molecule has 1 aromatic carbocycles. The molecule has 0 unspecified atom stereocenters. The first kappa shape index (κ1) is 11.1. The molecule has 2 rings (SSSR count). The summed E-state index contributed by atoms with van der Waals surface area (Å²) in [6, 6.07) is 7.59. The first-order valence-electron chi connectivity index (χ1n) is 4.82. The lowest BCUT2D eigenvalue weighted by Crippen LogP contribution is -1.94. The van der Waals surface area contributed by atoms with Crippen LogP contribution in [0.25, 0.3) is 11.5 Å². The monoisotopic (exact) mass is 279 g/mol. The molecule has 0 aliphatic rings. The predicted octanol–water partition coefficient (Wildman–Crippen LogP) is 3.62. The van der Waals surface area contributed by atoms with Gasteiger partial charge >= 0.3 is 0 Å². The quantitative estimate of drug-likeness (QED) is 0.789. The maximum Gasteiger partial charge on any atom is 0.226 e. The van der Waals surface area contributed by atoms with E-state index in [9.17, 15) is 4.79 Å². The van der Waals surface area contributed by atoms with Gasteiger partial charge < -0.3 is 4.42 Å². The second kappa shape index (κ2) is 4.22. The molecule has 0 saturated carbocycles. The lowest BCUT2D eigenvalue weighted by atomic mass is 10.2. The van der Waals surface area contributed by atoms with Gasteiger partial charge in [-0.1, -0.05) is 15.9 Å². The summed E-state index contributed by atoms with van der Waals surface area (Å²) in [5, 5.41) is 0. The Morgan fingerprint density at radius 3 is 2.44 bits per heavy atom. The zero-order chi connectivity index (χ0) is 11.7. The van der Waals surface area contributed by atoms with Gasteiger partial charge in [-0.05, 0) is 31.2 Å². The molecule has 0 fully saturated rings. The average molecular weight is 280 g/mol. The Hall–Kier alpha value is -1.42. The van der Waals surface area contributed by atoms with Crippen molar-refractivity contribution in [3.05, 3.63) is 40.2 Å². The van der Waals surface area contributed by atoms with Gasteiger partial charge in [-0.25, -0.2) is 4.98 Å². The molecule has 0 atom stereocenters. The molecule has 3 nitrogen and oxygen atoms in total. The molecule has 16 heavy (non-hydrogen) atoms. The summed E-state index contributed by atoms with van der Waals surface area (Å²) >= 11 is 3.36. The number of oxazole rings is 1. The number of benzene rings is 1. The van der Waals surface area contributed by atoms with Crippen molar-refractivity contribution < 1.29 is 9.21 Å². The van der Waals surface area contributed by atoms with Crippen molar-refractivity contribution >= 4 is 21.7 Å². The fraction of sp³-hybridized carbons (Fsp3) is 0.167. The van der Waals surface area contributed by atoms with E-state index in [-0.39, 0.29) is 5.78 Å². The third-order valence-corrected chi connectivity index (χ3v) is 2.75. The highest BCUT2D eigenvalue weighted by Crippen LogP contribution is 2.23.